The molecule has 0 aliphatic rings. The van der Waals surface area contributed by atoms with E-state index in [4.69, 9.17) is 10.5 Å². The van der Waals surface area contributed by atoms with Crippen molar-refractivity contribution in [2.24, 2.45) is 7.05 Å². The molecule has 0 N–H and O–H groups in total. The van der Waals surface area contributed by atoms with Gasteiger partial charge in [-0.05, 0) is 12.1 Å². The van der Waals surface area contributed by atoms with Gasteiger partial charge >= 0.3 is 0 Å². The molecule has 1 aromatic heterocycles. The minimum absolute atomic E-state index is 0.485. The fraction of sp³-hybridized carbons (Fsp3) is 0.100. The molecule has 0 atom stereocenters. The standard InChI is InChI=1S/C10H6N4/c1-14-10-8(5-12)2-7(4-11)3-9(10)6-13-14/h2-3,6H,1H3. The Morgan fingerprint density at radius 2 is 2.07 bits per heavy atom. The van der Waals surface area contributed by atoms with E-state index < -0.39 is 0 Å². The third-order valence-electron chi connectivity index (χ3n) is 2.08. The molecule has 0 fully saturated rings. The average Bonchev–Trinajstić information content (AvgIpc) is 2.59. The summed E-state index contributed by atoms with van der Waals surface area (Å²) in [4.78, 5) is 0. The molecule has 0 spiro atoms. The molecule has 0 saturated carbocycles. The van der Waals surface area contributed by atoms with E-state index >= 15 is 0 Å². The topological polar surface area (TPSA) is 65.4 Å². The number of aryl methyl sites for hydroxylation is 1. The minimum atomic E-state index is 0.485. The van der Waals surface area contributed by atoms with Crippen molar-refractivity contribution in [1.82, 2.24) is 9.78 Å². The first-order chi connectivity index (χ1) is 6.76. The van der Waals surface area contributed by atoms with Gasteiger partial charge in [-0.2, -0.15) is 15.6 Å². The van der Waals surface area contributed by atoms with Crippen LogP contribution in [0.15, 0.2) is 18.3 Å². The Balaban J connectivity index is 2.93. The van der Waals surface area contributed by atoms with E-state index in [0.717, 1.165) is 10.9 Å². The molecule has 2 rings (SSSR count). The zero-order chi connectivity index (χ0) is 10.1. The van der Waals surface area contributed by atoms with Crippen molar-refractivity contribution in [3.63, 3.8) is 0 Å². The lowest BCUT2D eigenvalue weighted by atomic mass is 10.1. The van der Waals surface area contributed by atoms with Crippen LogP contribution in [0.25, 0.3) is 10.9 Å². The smallest absolute Gasteiger partial charge is 0.101 e. The van der Waals surface area contributed by atoms with Gasteiger partial charge in [-0.25, -0.2) is 0 Å². The number of nitrogens with zero attached hydrogens (tertiary/aromatic N) is 4. The molecular formula is C10H6N4. The van der Waals surface area contributed by atoms with Gasteiger partial charge in [0, 0.05) is 12.4 Å². The summed E-state index contributed by atoms with van der Waals surface area (Å²) in [6, 6.07) is 7.37. The van der Waals surface area contributed by atoms with E-state index in [0.29, 0.717) is 11.1 Å². The molecule has 0 amide bonds. The fourth-order valence-corrected chi connectivity index (χ4v) is 1.47. The van der Waals surface area contributed by atoms with Gasteiger partial charge in [0.15, 0.2) is 0 Å². The van der Waals surface area contributed by atoms with E-state index in [1.165, 1.54) is 0 Å². The van der Waals surface area contributed by atoms with Gasteiger partial charge in [0.2, 0.25) is 0 Å². The lowest BCUT2D eigenvalue weighted by molar-refractivity contribution is 0.796. The van der Waals surface area contributed by atoms with Crippen molar-refractivity contribution in [2.75, 3.05) is 0 Å². The van der Waals surface area contributed by atoms with E-state index in [1.807, 2.05) is 6.07 Å². The molecule has 0 aliphatic heterocycles. The number of benzene rings is 1. The molecule has 66 valence electrons. The molecule has 1 aromatic carbocycles. The Kier molecular flexibility index (Phi) is 1.69. The number of aromatic nitrogens is 2. The molecule has 2 aromatic rings. The summed E-state index contributed by atoms with van der Waals surface area (Å²) in [5.41, 5.74) is 1.74. The molecule has 0 aliphatic carbocycles. The number of fused-ring (bicyclic) bond motifs is 1. The predicted octanol–water partition coefficient (Wildman–Crippen LogP) is 1.32. The number of nitriles is 2. The summed E-state index contributed by atoms with van der Waals surface area (Å²) in [6.07, 6.45) is 1.65. The SMILES string of the molecule is Cn1ncc2cc(C#N)cc(C#N)c21. The predicted molar refractivity (Wildman–Crippen MR) is 50.1 cm³/mol. The van der Waals surface area contributed by atoms with E-state index in [-0.39, 0.29) is 0 Å². The Bertz CT molecular complexity index is 580. The second-order valence-corrected chi connectivity index (χ2v) is 2.95. The largest absolute Gasteiger partial charge is 0.267 e. The van der Waals surface area contributed by atoms with Crippen LogP contribution in [0.4, 0.5) is 0 Å². The van der Waals surface area contributed by atoms with Gasteiger partial charge in [-0.3, -0.25) is 4.68 Å². The van der Waals surface area contributed by atoms with E-state index in [2.05, 4.69) is 11.2 Å². The molecule has 14 heavy (non-hydrogen) atoms. The molecule has 0 radical (unpaired) electrons. The minimum Gasteiger partial charge on any atom is -0.267 e. The van der Waals surface area contributed by atoms with Gasteiger partial charge in [-0.15, -0.1) is 0 Å². The normalized spacial score (nSPS) is 9.64. The van der Waals surface area contributed by atoms with Gasteiger partial charge in [0.1, 0.15) is 6.07 Å². The Morgan fingerprint density at radius 1 is 1.29 bits per heavy atom. The van der Waals surface area contributed by atoms with Crippen LogP contribution in [-0.4, -0.2) is 9.78 Å². The number of rotatable bonds is 0. The molecule has 4 heteroatoms. The van der Waals surface area contributed by atoms with Crippen molar-refractivity contribution in [3.05, 3.63) is 29.5 Å². The fourth-order valence-electron chi connectivity index (χ4n) is 1.47. The van der Waals surface area contributed by atoms with Crippen molar-refractivity contribution < 1.29 is 0 Å². The van der Waals surface area contributed by atoms with Crippen LogP contribution in [0, 0.1) is 22.7 Å². The van der Waals surface area contributed by atoms with Crippen LogP contribution in [0.3, 0.4) is 0 Å². The third-order valence-corrected chi connectivity index (χ3v) is 2.08. The van der Waals surface area contributed by atoms with Crippen molar-refractivity contribution in [3.8, 4) is 12.1 Å². The summed E-state index contributed by atoms with van der Waals surface area (Å²) < 4.78 is 1.63. The number of hydrogen-bond acceptors (Lipinski definition) is 3. The summed E-state index contributed by atoms with van der Waals surface area (Å²) in [7, 11) is 1.77. The van der Waals surface area contributed by atoms with Crippen LogP contribution in [-0.2, 0) is 7.05 Å². The highest BCUT2D eigenvalue weighted by Crippen LogP contribution is 2.19. The van der Waals surface area contributed by atoms with Crippen LogP contribution in [0.1, 0.15) is 11.1 Å². The molecule has 0 bridgehead atoms. The summed E-state index contributed by atoms with van der Waals surface area (Å²) in [5, 5.41) is 22.5. The zero-order valence-corrected chi connectivity index (χ0v) is 7.52. The monoisotopic (exact) mass is 182 g/mol. The zero-order valence-electron chi connectivity index (χ0n) is 7.52. The van der Waals surface area contributed by atoms with E-state index in [1.54, 1.807) is 30.1 Å². The second-order valence-electron chi connectivity index (χ2n) is 2.95. The van der Waals surface area contributed by atoms with Gasteiger partial charge in [0.25, 0.3) is 0 Å². The van der Waals surface area contributed by atoms with Crippen LogP contribution in [0.5, 0.6) is 0 Å². The number of hydrogen-bond donors (Lipinski definition) is 0. The average molecular weight is 182 g/mol. The Morgan fingerprint density at radius 3 is 2.71 bits per heavy atom. The maximum atomic E-state index is 8.90. The first-order valence-corrected chi connectivity index (χ1v) is 4.02. The first-order valence-electron chi connectivity index (χ1n) is 4.02. The molecule has 0 unspecified atom stereocenters. The quantitative estimate of drug-likeness (QED) is 0.617. The lowest BCUT2D eigenvalue weighted by Crippen LogP contribution is -1.92. The highest BCUT2D eigenvalue weighted by Gasteiger charge is 2.07. The van der Waals surface area contributed by atoms with Crippen LogP contribution >= 0.6 is 0 Å². The highest BCUT2D eigenvalue weighted by molar-refractivity contribution is 5.85. The third kappa shape index (κ3) is 1.02. The highest BCUT2D eigenvalue weighted by atomic mass is 15.2. The Hall–Kier alpha value is -2.33. The lowest BCUT2D eigenvalue weighted by Gasteiger charge is -1.97. The summed E-state index contributed by atoms with van der Waals surface area (Å²) >= 11 is 0. The van der Waals surface area contributed by atoms with Crippen LogP contribution < -0.4 is 0 Å². The van der Waals surface area contributed by atoms with Gasteiger partial charge in [-0.1, -0.05) is 0 Å². The first kappa shape index (κ1) is 8.28. The van der Waals surface area contributed by atoms with Gasteiger partial charge in [0.05, 0.1) is 28.9 Å². The molecular weight excluding hydrogens is 176 g/mol. The summed E-state index contributed by atoms with van der Waals surface area (Å²) in [6.45, 7) is 0. The maximum absolute atomic E-state index is 8.90. The second kappa shape index (κ2) is 2.86. The van der Waals surface area contributed by atoms with Crippen molar-refractivity contribution >= 4 is 10.9 Å². The van der Waals surface area contributed by atoms with Crippen molar-refractivity contribution in [1.29, 1.82) is 10.5 Å². The van der Waals surface area contributed by atoms with Gasteiger partial charge < -0.3 is 0 Å². The van der Waals surface area contributed by atoms with Crippen molar-refractivity contribution in [2.45, 2.75) is 0 Å². The molecule has 4 nitrogen and oxygen atoms in total. The van der Waals surface area contributed by atoms with E-state index in [9.17, 15) is 0 Å². The maximum Gasteiger partial charge on any atom is 0.101 e. The summed E-state index contributed by atoms with van der Waals surface area (Å²) in [5.74, 6) is 0. The Labute approximate surface area is 80.6 Å². The molecule has 1 heterocycles. The molecule has 0 saturated heterocycles. The van der Waals surface area contributed by atoms with Crippen LogP contribution in [0.2, 0.25) is 0 Å².